The number of carbonyl (C=O) groups is 1. The minimum Gasteiger partial charge on any atom is -0.346 e. The Morgan fingerprint density at radius 2 is 2.15 bits per heavy atom. The first-order valence-corrected chi connectivity index (χ1v) is 6.23. The second kappa shape index (κ2) is 5.08. The first-order valence-electron chi connectivity index (χ1n) is 6.23. The molecule has 0 fully saturated rings. The summed E-state index contributed by atoms with van der Waals surface area (Å²) in [5.41, 5.74) is 3.84. The maximum Gasteiger partial charge on any atom is 0.251 e. The molecule has 1 aromatic carbocycles. The summed E-state index contributed by atoms with van der Waals surface area (Å²) in [5, 5.41) is 10.8. The normalized spacial score (nSPS) is 10.7. The third-order valence-electron chi connectivity index (χ3n) is 2.97. The topological polar surface area (TPSA) is 83.6 Å². The quantitative estimate of drug-likeness (QED) is 0.754. The average molecular weight is 267 g/mol. The molecule has 0 saturated heterocycles. The van der Waals surface area contributed by atoms with E-state index in [1.165, 1.54) is 0 Å². The van der Waals surface area contributed by atoms with Crippen LogP contribution in [-0.2, 0) is 6.54 Å². The molecule has 6 heteroatoms. The smallest absolute Gasteiger partial charge is 0.251 e. The van der Waals surface area contributed by atoms with Crippen LogP contribution in [0.3, 0.4) is 0 Å². The molecule has 6 nitrogen and oxygen atoms in total. The van der Waals surface area contributed by atoms with E-state index in [2.05, 4.69) is 25.5 Å². The van der Waals surface area contributed by atoms with E-state index in [1.807, 2.05) is 25.1 Å². The summed E-state index contributed by atoms with van der Waals surface area (Å²) in [7, 11) is 0. The number of imidazole rings is 1. The van der Waals surface area contributed by atoms with E-state index in [4.69, 9.17) is 0 Å². The van der Waals surface area contributed by atoms with Gasteiger partial charge in [-0.2, -0.15) is 10.2 Å². The fraction of sp³-hybridized carbons (Fsp3) is 0.143. The Hall–Kier alpha value is -2.76. The van der Waals surface area contributed by atoms with Crippen molar-refractivity contribution in [1.82, 2.24) is 25.5 Å². The minimum absolute atomic E-state index is 0.149. The molecule has 0 aliphatic heterocycles. The average Bonchev–Trinajstić information content (AvgIpc) is 2.93. The summed E-state index contributed by atoms with van der Waals surface area (Å²) in [4.78, 5) is 19.2. The first-order chi connectivity index (χ1) is 9.72. The predicted octanol–water partition coefficient (Wildman–Crippen LogP) is 1.59. The van der Waals surface area contributed by atoms with Crippen LogP contribution in [0.2, 0.25) is 0 Å². The molecule has 0 radical (unpaired) electrons. The second-order valence-electron chi connectivity index (χ2n) is 4.48. The van der Waals surface area contributed by atoms with E-state index in [0.717, 1.165) is 22.4 Å². The Kier molecular flexibility index (Phi) is 3.12. The highest BCUT2D eigenvalue weighted by molar-refractivity contribution is 5.97. The van der Waals surface area contributed by atoms with Crippen LogP contribution in [0.15, 0.2) is 36.7 Å². The van der Waals surface area contributed by atoms with Crippen molar-refractivity contribution >= 4 is 16.9 Å². The summed E-state index contributed by atoms with van der Waals surface area (Å²) in [6.07, 6.45) is 1.61. The Morgan fingerprint density at radius 1 is 1.25 bits per heavy atom. The number of aryl methyl sites for hydroxylation is 1. The van der Waals surface area contributed by atoms with Gasteiger partial charge in [-0.15, -0.1) is 0 Å². The van der Waals surface area contributed by atoms with Crippen LogP contribution in [0.5, 0.6) is 0 Å². The molecule has 0 spiro atoms. The molecule has 20 heavy (non-hydrogen) atoms. The molecule has 2 heterocycles. The molecular weight excluding hydrogens is 254 g/mol. The van der Waals surface area contributed by atoms with Crippen molar-refractivity contribution < 1.29 is 4.79 Å². The van der Waals surface area contributed by atoms with Crippen molar-refractivity contribution in [1.29, 1.82) is 0 Å². The Bertz CT molecular complexity index is 748. The highest BCUT2D eigenvalue weighted by Crippen LogP contribution is 2.11. The van der Waals surface area contributed by atoms with Gasteiger partial charge < -0.3 is 10.3 Å². The summed E-state index contributed by atoms with van der Waals surface area (Å²) < 4.78 is 0. The number of rotatable bonds is 3. The van der Waals surface area contributed by atoms with Gasteiger partial charge in [-0.05, 0) is 37.3 Å². The van der Waals surface area contributed by atoms with Gasteiger partial charge in [0.25, 0.3) is 5.91 Å². The number of carbonyl (C=O) groups excluding carboxylic acids is 1. The number of amides is 1. The molecule has 0 atom stereocenters. The van der Waals surface area contributed by atoms with Gasteiger partial charge in [0.2, 0.25) is 0 Å². The number of fused-ring (bicyclic) bond motifs is 1. The molecular formula is C14H13N5O. The third-order valence-corrected chi connectivity index (χ3v) is 2.97. The SMILES string of the molecule is Cc1ccc(CNC(=O)c2ccc3nc[nH]c3c2)nn1. The maximum absolute atomic E-state index is 12.1. The zero-order valence-corrected chi connectivity index (χ0v) is 10.9. The van der Waals surface area contributed by atoms with E-state index in [0.29, 0.717) is 12.1 Å². The van der Waals surface area contributed by atoms with Crippen molar-refractivity contribution in [2.24, 2.45) is 0 Å². The maximum atomic E-state index is 12.1. The molecule has 3 aromatic rings. The Labute approximate surface area is 115 Å². The summed E-state index contributed by atoms with van der Waals surface area (Å²) in [6, 6.07) is 9.05. The van der Waals surface area contributed by atoms with Crippen molar-refractivity contribution in [3.8, 4) is 0 Å². The predicted molar refractivity (Wildman–Crippen MR) is 74.0 cm³/mol. The highest BCUT2D eigenvalue weighted by atomic mass is 16.1. The summed E-state index contributed by atoms with van der Waals surface area (Å²) in [5.74, 6) is -0.149. The number of benzene rings is 1. The fourth-order valence-electron chi connectivity index (χ4n) is 1.87. The molecule has 2 aromatic heterocycles. The van der Waals surface area contributed by atoms with Crippen molar-refractivity contribution in [3.05, 3.63) is 53.6 Å². The highest BCUT2D eigenvalue weighted by Gasteiger charge is 2.07. The Balaban J connectivity index is 1.70. The van der Waals surface area contributed by atoms with Gasteiger partial charge in [0.1, 0.15) is 0 Å². The molecule has 0 aliphatic rings. The molecule has 2 N–H and O–H groups in total. The molecule has 1 amide bonds. The fourth-order valence-corrected chi connectivity index (χ4v) is 1.87. The second-order valence-corrected chi connectivity index (χ2v) is 4.48. The number of hydrogen-bond acceptors (Lipinski definition) is 4. The van der Waals surface area contributed by atoms with Crippen LogP contribution in [0, 0.1) is 6.92 Å². The zero-order chi connectivity index (χ0) is 13.9. The van der Waals surface area contributed by atoms with E-state index in [1.54, 1.807) is 18.5 Å². The van der Waals surface area contributed by atoms with Crippen LogP contribution in [-0.4, -0.2) is 26.1 Å². The Morgan fingerprint density at radius 3 is 2.95 bits per heavy atom. The van der Waals surface area contributed by atoms with E-state index < -0.39 is 0 Å². The number of H-pyrrole nitrogens is 1. The van der Waals surface area contributed by atoms with Gasteiger partial charge in [0.05, 0.1) is 35.3 Å². The molecule has 100 valence electrons. The van der Waals surface area contributed by atoms with E-state index in [-0.39, 0.29) is 5.91 Å². The lowest BCUT2D eigenvalue weighted by Gasteiger charge is -2.04. The molecule has 0 unspecified atom stereocenters. The van der Waals surface area contributed by atoms with E-state index in [9.17, 15) is 4.79 Å². The van der Waals surface area contributed by atoms with Crippen molar-refractivity contribution in [3.63, 3.8) is 0 Å². The lowest BCUT2D eigenvalue weighted by Crippen LogP contribution is -2.23. The monoisotopic (exact) mass is 267 g/mol. The largest absolute Gasteiger partial charge is 0.346 e. The first kappa shape index (κ1) is 12.3. The lowest BCUT2D eigenvalue weighted by atomic mass is 10.2. The number of nitrogens with one attached hydrogen (secondary N) is 2. The third kappa shape index (κ3) is 2.49. The van der Waals surface area contributed by atoms with Gasteiger partial charge in [0, 0.05) is 5.56 Å². The zero-order valence-electron chi connectivity index (χ0n) is 10.9. The van der Waals surface area contributed by atoms with Crippen LogP contribution in [0.1, 0.15) is 21.7 Å². The number of hydrogen-bond donors (Lipinski definition) is 2. The van der Waals surface area contributed by atoms with Crippen molar-refractivity contribution in [2.45, 2.75) is 13.5 Å². The number of aromatic nitrogens is 4. The summed E-state index contributed by atoms with van der Waals surface area (Å²) in [6.45, 7) is 2.22. The van der Waals surface area contributed by atoms with Crippen LogP contribution in [0.25, 0.3) is 11.0 Å². The molecule has 3 rings (SSSR count). The van der Waals surface area contributed by atoms with Crippen LogP contribution in [0.4, 0.5) is 0 Å². The van der Waals surface area contributed by atoms with Gasteiger partial charge in [-0.25, -0.2) is 4.98 Å². The van der Waals surface area contributed by atoms with Gasteiger partial charge >= 0.3 is 0 Å². The lowest BCUT2D eigenvalue weighted by molar-refractivity contribution is 0.0950. The molecule has 0 bridgehead atoms. The van der Waals surface area contributed by atoms with E-state index >= 15 is 0 Å². The van der Waals surface area contributed by atoms with Crippen LogP contribution >= 0.6 is 0 Å². The standard InChI is InChI=1S/C14H13N5O/c1-9-2-4-11(19-18-9)7-15-14(20)10-3-5-12-13(6-10)17-8-16-12/h2-6,8H,7H2,1H3,(H,15,20)(H,16,17). The minimum atomic E-state index is -0.149. The summed E-state index contributed by atoms with van der Waals surface area (Å²) >= 11 is 0. The van der Waals surface area contributed by atoms with Gasteiger partial charge in [-0.3, -0.25) is 4.79 Å². The number of aromatic amines is 1. The molecule has 0 saturated carbocycles. The number of nitrogens with zero attached hydrogens (tertiary/aromatic N) is 3. The van der Waals surface area contributed by atoms with Gasteiger partial charge in [0.15, 0.2) is 0 Å². The van der Waals surface area contributed by atoms with Crippen LogP contribution < -0.4 is 5.32 Å². The van der Waals surface area contributed by atoms with Crippen molar-refractivity contribution in [2.75, 3.05) is 0 Å². The molecule has 0 aliphatic carbocycles. The van der Waals surface area contributed by atoms with Gasteiger partial charge in [-0.1, -0.05) is 0 Å².